The van der Waals surface area contributed by atoms with Crippen LogP contribution in [0, 0.1) is 0 Å². The Hall–Kier alpha value is -2.24. The molecule has 2 unspecified atom stereocenters. The number of aliphatic carboxylic acids is 1. The van der Waals surface area contributed by atoms with E-state index in [9.17, 15) is 9.90 Å². The highest BCUT2D eigenvalue weighted by molar-refractivity contribution is 5.73. The van der Waals surface area contributed by atoms with Gasteiger partial charge < -0.3 is 14.6 Å². The van der Waals surface area contributed by atoms with Gasteiger partial charge in [0.15, 0.2) is 6.10 Å². The number of ether oxygens (including phenoxy) is 2. The predicted molar refractivity (Wildman–Crippen MR) is 105 cm³/mol. The van der Waals surface area contributed by atoms with Crippen LogP contribution < -0.4 is 0 Å². The maximum absolute atomic E-state index is 11.7. The van der Waals surface area contributed by atoms with Crippen molar-refractivity contribution in [3.63, 3.8) is 0 Å². The quantitative estimate of drug-likeness (QED) is 0.566. The van der Waals surface area contributed by atoms with Crippen molar-refractivity contribution in [2.24, 2.45) is 0 Å². The third-order valence-electron chi connectivity index (χ3n) is 4.32. The van der Waals surface area contributed by atoms with Crippen LogP contribution in [0.15, 0.2) is 48.7 Å². The van der Waals surface area contributed by atoms with Crippen LogP contribution in [-0.4, -0.2) is 35.4 Å². The van der Waals surface area contributed by atoms with E-state index in [1.54, 1.807) is 0 Å². The molecular weight excluding hydrogens is 342 g/mol. The molecule has 1 heterocycles. The van der Waals surface area contributed by atoms with Crippen molar-refractivity contribution >= 4 is 5.97 Å². The molecule has 0 aliphatic rings. The van der Waals surface area contributed by atoms with Gasteiger partial charge in [-0.2, -0.15) is 0 Å². The molecule has 1 aromatic carbocycles. The monoisotopic (exact) mass is 371 g/mol. The zero-order chi connectivity index (χ0) is 19.5. The van der Waals surface area contributed by atoms with Crippen molar-refractivity contribution in [3.05, 3.63) is 65.5 Å². The number of nitrogens with zero attached hydrogens (tertiary/aromatic N) is 1. The van der Waals surface area contributed by atoms with Gasteiger partial charge in [-0.25, -0.2) is 4.79 Å². The van der Waals surface area contributed by atoms with Gasteiger partial charge in [-0.3, -0.25) is 4.98 Å². The summed E-state index contributed by atoms with van der Waals surface area (Å²) in [6, 6.07) is 13.5. The smallest absolute Gasteiger partial charge is 0.335 e. The van der Waals surface area contributed by atoms with E-state index in [4.69, 9.17) is 9.47 Å². The number of hydrogen-bond acceptors (Lipinski definition) is 4. The number of benzene rings is 1. The zero-order valence-corrected chi connectivity index (χ0v) is 16.1. The van der Waals surface area contributed by atoms with Crippen LogP contribution in [0.2, 0.25) is 0 Å². The zero-order valence-electron chi connectivity index (χ0n) is 16.1. The van der Waals surface area contributed by atoms with Gasteiger partial charge in [0, 0.05) is 25.1 Å². The second kappa shape index (κ2) is 11.5. The Balaban J connectivity index is 1.97. The summed E-state index contributed by atoms with van der Waals surface area (Å²) in [7, 11) is 0. The fraction of sp³-hybridized carbons (Fsp3) is 0.455. The first kappa shape index (κ1) is 21.1. The molecule has 27 heavy (non-hydrogen) atoms. The third kappa shape index (κ3) is 6.77. The first-order chi connectivity index (χ1) is 13.2. The molecule has 5 nitrogen and oxygen atoms in total. The van der Waals surface area contributed by atoms with E-state index in [1.165, 1.54) is 5.56 Å². The van der Waals surface area contributed by atoms with E-state index in [0.717, 1.165) is 36.9 Å². The molecule has 2 aromatic rings. The Morgan fingerprint density at radius 2 is 1.85 bits per heavy atom. The molecule has 0 aliphatic carbocycles. The summed E-state index contributed by atoms with van der Waals surface area (Å²) in [5.74, 6) is -1.01. The predicted octanol–water partition coefficient (Wildman–Crippen LogP) is 4.21. The number of aryl methyl sites for hydroxylation is 2. The highest BCUT2D eigenvalue weighted by atomic mass is 16.6. The van der Waals surface area contributed by atoms with E-state index in [-0.39, 0.29) is 0 Å². The van der Waals surface area contributed by atoms with E-state index in [2.05, 4.69) is 18.0 Å². The summed E-state index contributed by atoms with van der Waals surface area (Å²) < 4.78 is 11.6. The summed E-state index contributed by atoms with van der Waals surface area (Å²) >= 11 is 0. The molecule has 1 aromatic heterocycles. The lowest BCUT2D eigenvalue weighted by Gasteiger charge is -2.25. The summed E-state index contributed by atoms with van der Waals surface area (Å²) in [5, 5.41) is 9.60. The topological polar surface area (TPSA) is 68.7 Å². The van der Waals surface area contributed by atoms with Crippen molar-refractivity contribution in [1.82, 2.24) is 4.98 Å². The standard InChI is InChI=1S/C22H29NO4/c1-3-14-26-21(22(24)25)20(18-9-6-5-7-10-18)27-15-8-11-19-13-12-17(4-2)16-23-19/h5-7,9-10,12-13,16,20-21H,3-4,8,11,14-15H2,1-2H3,(H,24,25). The molecule has 2 atom stereocenters. The van der Waals surface area contributed by atoms with Crippen molar-refractivity contribution < 1.29 is 19.4 Å². The van der Waals surface area contributed by atoms with Crippen LogP contribution in [-0.2, 0) is 27.1 Å². The minimum atomic E-state index is -1.02. The fourth-order valence-electron chi connectivity index (χ4n) is 2.81. The van der Waals surface area contributed by atoms with E-state index in [1.807, 2.05) is 49.5 Å². The van der Waals surface area contributed by atoms with Crippen molar-refractivity contribution in [3.8, 4) is 0 Å². The Morgan fingerprint density at radius 1 is 1.07 bits per heavy atom. The van der Waals surface area contributed by atoms with Crippen molar-refractivity contribution in [2.45, 2.75) is 51.7 Å². The van der Waals surface area contributed by atoms with Crippen LogP contribution in [0.5, 0.6) is 0 Å². The molecule has 0 aliphatic heterocycles. The number of carboxylic acids is 1. The summed E-state index contributed by atoms with van der Waals surface area (Å²) in [4.78, 5) is 16.2. The number of aromatic nitrogens is 1. The fourth-order valence-corrected chi connectivity index (χ4v) is 2.81. The molecule has 0 saturated heterocycles. The van der Waals surface area contributed by atoms with E-state index in [0.29, 0.717) is 13.2 Å². The molecule has 0 fully saturated rings. The number of hydrogen-bond donors (Lipinski definition) is 1. The third-order valence-corrected chi connectivity index (χ3v) is 4.32. The molecule has 0 saturated carbocycles. The largest absolute Gasteiger partial charge is 0.479 e. The minimum absolute atomic E-state index is 0.386. The maximum Gasteiger partial charge on any atom is 0.335 e. The van der Waals surface area contributed by atoms with Crippen molar-refractivity contribution in [2.75, 3.05) is 13.2 Å². The molecule has 2 rings (SSSR count). The van der Waals surface area contributed by atoms with Gasteiger partial charge >= 0.3 is 5.97 Å². The lowest BCUT2D eigenvalue weighted by atomic mass is 10.0. The van der Waals surface area contributed by atoms with Gasteiger partial charge in [0.05, 0.1) is 0 Å². The molecule has 0 bridgehead atoms. The van der Waals surface area contributed by atoms with E-state index >= 15 is 0 Å². The van der Waals surface area contributed by atoms with Gasteiger partial charge in [0.2, 0.25) is 0 Å². The SMILES string of the molecule is CCCOC(C(=O)O)C(OCCCc1ccc(CC)cn1)c1ccccc1. The van der Waals surface area contributed by atoms with Crippen molar-refractivity contribution in [1.29, 1.82) is 0 Å². The average molecular weight is 371 g/mol. The van der Waals surface area contributed by atoms with Gasteiger partial charge in [0.25, 0.3) is 0 Å². The first-order valence-corrected chi connectivity index (χ1v) is 9.60. The second-order valence-electron chi connectivity index (χ2n) is 6.45. The minimum Gasteiger partial charge on any atom is -0.479 e. The highest BCUT2D eigenvalue weighted by Gasteiger charge is 2.31. The maximum atomic E-state index is 11.7. The van der Waals surface area contributed by atoms with Crippen LogP contribution in [0.3, 0.4) is 0 Å². The number of carbonyl (C=O) groups is 1. The molecule has 0 spiro atoms. The lowest BCUT2D eigenvalue weighted by molar-refractivity contribution is -0.163. The average Bonchev–Trinajstić information content (AvgIpc) is 2.70. The highest BCUT2D eigenvalue weighted by Crippen LogP contribution is 2.24. The van der Waals surface area contributed by atoms with Crippen LogP contribution >= 0.6 is 0 Å². The summed E-state index contributed by atoms with van der Waals surface area (Å²) in [6.45, 7) is 4.88. The number of rotatable bonds is 12. The van der Waals surface area contributed by atoms with Crippen LogP contribution in [0.25, 0.3) is 0 Å². The molecule has 0 amide bonds. The van der Waals surface area contributed by atoms with Gasteiger partial charge in [-0.05, 0) is 42.9 Å². The van der Waals surface area contributed by atoms with Crippen LogP contribution in [0.4, 0.5) is 0 Å². The molecule has 146 valence electrons. The molecule has 1 N–H and O–H groups in total. The summed E-state index contributed by atoms with van der Waals surface area (Å²) in [6.07, 6.45) is 3.54. The van der Waals surface area contributed by atoms with Gasteiger partial charge in [-0.1, -0.05) is 50.2 Å². The Kier molecular flexibility index (Phi) is 8.95. The lowest BCUT2D eigenvalue weighted by Crippen LogP contribution is -2.33. The number of carboxylic acid groups (broad SMARTS) is 1. The van der Waals surface area contributed by atoms with E-state index < -0.39 is 18.2 Å². The normalized spacial score (nSPS) is 13.3. The van der Waals surface area contributed by atoms with Gasteiger partial charge in [0.1, 0.15) is 6.10 Å². The Labute approximate surface area is 161 Å². The number of pyridine rings is 1. The second-order valence-corrected chi connectivity index (χ2v) is 6.45. The molecule has 0 radical (unpaired) electrons. The van der Waals surface area contributed by atoms with Crippen LogP contribution in [0.1, 0.15) is 49.6 Å². The molecule has 5 heteroatoms. The first-order valence-electron chi connectivity index (χ1n) is 9.60. The Morgan fingerprint density at radius 3 is 2.44 bits per heavy atom. The summed E-state index contributed by atoms with van der Waals surface area (Å²) in [5.41, 5.74) is 3.05. The molecular formula is C22H29NO4. The van der Waals surface area contributed by atoms with Gasteiger partial charge in [-0.15, -0.1) is 0 Å². The Bertz CT molecular complexity index is 672.